The van der Waals surface area contributed by atoms with Crippen LogP contribution in [0, 0.1) is 0 Å². The van der Waals surface area contributed by atoms with Crippen molar-refractivity contribution in [3.05, 3.63) is 47.1 Å². The third kappa shape index (κ3) is 4.46. The number of carbonyl (C=O) groups is 1. The average Bonchev–Trinajstić information content (AvgIpc) is 2.50. The van der Waals surface area contributed by atoms with Crippen LogP contribution < -0.4 is 9.47 Å². The van der Waals surface area contributed by atoms with Crippen LogP contribution in [0.2, 0.25) is 0 Å². The predicted molar refractivity (Wildman–Crippen MR) is 80.6 cm³/mol. The summed E-state index contributed by atoms with van der Waals surface area (Å²) in [7, 11) is 1.32. The molecular formula is C15H14BrNO4. The molecule has 0 unspecified atom stereocenters. The first-order valence-corrected chi connectivity index (χ1v) is 7.02. The van der Waals surface area contributed by atoms with Gasteiger partial charge in [-0.2, -0.15) is 0 Å². The Bertz CT molecular complexity index is 598. The van der Waals surface area contributed by atoms with Crippen molar-refractivity contribution < 1.29 is 19.0 Å². The molecule has 0 spiro atoms. The molecule has 6 heteroatoms. The fraction of sp³-hybridized carbons (Fsp3) is 0.200. The zero-order valence-electron chi connectivity index (χ0n) is 11.6. The summed E-state index contributed by atoms with van der Waals surface area (Å²) in [5.74, 6) is 1.26. The maximum atomic E-state index is 11.3. The van der Waals surface area contributed by atoms with Gasteiger partial charge < -0.3 is 14.2 Å². The van der Waals surface area contributed by atoms with Gasteiger partial charge in [0.25, 0.3) is 0 Å². The van der Waals surface area contributed by atoms with E-state index in [0.29, 0.717) is 17.4 Å². The Labute approximate surface area is 131 Å². The van der Waals surface area contributed by atoms with Gasteiger partial charge in [-0.05, 0) is 53.2 Å². The van der Waals surface area contributed by atoms with Crippen molar-refractivity contribution in [2.24, 2.45) is 0 Å². The standard InChI is InChI=1S/C15H14BrNO4/c1-10(15(18)19-2)20-12-4-6-13(7-5-12)21-14-8-3-11(16)9-17-14/h3-10H,1-2H3/t10-/m1/s1. The lowest BCUT2D eigenvalue weighted by Gasteiger charge is -2.12. The van der Waals surface area contributed by atoms with E-state index in [0.717, 1.165) is 4.47 Å². The van der Waals surface area contributed by atoms with E-state index in [-0.39, 0.29) is 0 Å². The highest BCUT2D eigenvalue weighted by Crippen LogP contribution is 2.23. The Kier molecular flexibility index (Phi) is 5.16. The van der Waals surface area contributed by atoms with Crippen molar-refractivity contribution >= 4 is 21.9 Å². The Morgan fingerprint density at radius 3 is 2.38 bits per heavy atom. The maximum absolute atomic E-state index is 11.3. The van der Waals surface area contributed by atoms with Crippen molar-refractivity contribution in [2.75, 3.05) is 7.11 Å². The fourth-order valence-corrected chi connectivity index (χ4v) is 1.78. The van der Waals surface area contributed by atoms with E-state index < -0.39 is 12.1 Å². The largest absolute Gasteiger partial charge is 0.479 e. The second kappa shape index (κ2) is 7.08. The molecule has 0 N–H and O–H groups in total. The molecule has 1 aromatic heterocycles. The van der Waals surface area contributed by atoms with Crippen LogP contribution in [0.4, 0.5) is 0 Å². The van der Waals surface area contributed by atoms with Crippen molar-refractivity contribution in [3.8, 4) is 17.4 Å². The Morgan fingerprint density at radius 2 is 1.81 bits per heavy atom. The van der Waals surface area contributed by atoms with Crippen LogP contribution in [0.1, 0.15) is 6.92 Å². The highest BCUT2D eigenvalue weighted by atomic mass is 79.9. The Morgan fingerprint density at radius 1 is 1.14 bits per heavy atom. The molecule has 0 amide bonds. The number of hydrogen-bond acceptors (Lipinski definition) is 5. The number of carbonyl (C=O) groups excluding carboxylic acids is 1. The number of aromatic nitrogens is 1. The molecule has 1 aromatic carbocycles. The molecule has 110 valence electrons. The van der Waals surface area contributed by atoms with Crippen molar-refractivity contribution in [3.63, 3.8) is 0 Å². The van der Waals surface area contributed by atoms with Gasteiger partial charge in [-0.15, -0.1) is 0 Å². The first-order chi connectivity index (χ1) is 10.1. The average molecular weight is 352 g/mol. The molecule has 21 heavy (non-hydrogen) atoms. The number of rotatable bonds is 5. The number of esters is 1. The summed E-state index contributed by atoms with van der Waals surface area (Å²) in [5, 5.41) is 0. The number of pyridine rings is 1. The minimum Gasteiger partial charge on any atom is -0.479 e. The summed E-state index contributed by atoms with van der Waals surface area (Å²) in [6.07, 6.45) is 1.00. The van der Waals surface area contributed by atoms with Gasteiger partial charge >= 0.3 is 5.97 Å². The number of nitrogens with zero attached hydrogens (tertiary/aromatic N) is 1. The molecule has 0 fully saturated rings. The number of methoxy groups -OCH3 is 1. The normalized spacial score (nSPS) is 11.6. The summed E-state index contributed by atoms with van der Waals surface area (Å²) in [5.41, 5.74) is 0. The molecule has 1 heterocycles. The van der Waals surface area contributed by atoms with Gasteiger partial charge in [-0.25, -0.2) is 9.78 Å². The van der Waals surface area contributed by atoms with E-state index in [4.69, 9.17) is 9.47 Å². The summed E-state index contributed by atoms with van der Waals surface area (Å²) in [6.45, 7) is 1.63. The zero-order chi connectivity index (χ0) is 15.2. The summed E-state index contributed by atoms with van der Waals surface area (Å²) >= 11 is 3.31. The number of ether oxygens (including phenoxy) is 3. The van der Waals surface area contributed by atoms with Crippen molar-refractivity contribution in [1.29, 1.82) is 0 Å². The van der Waals surface area contributed by atoms with Gasteiger partial charge in [0.15, 0.2) is 6.10 Å². The van der Waals surface area contributed by atoms with Gasteiger partial charge in [0.05, 0.1) is 7.11 Å². The molecule has 0 aliphatic carbocycles. The van der Waals surface area contributed by atoms with E-state index in [2.05, 4.69) is 25.7 Å². The van der Waals surface area contributed by atoms with Crippen LogP contribution in [0.5, 0.6) is 17.4 Å². The van der Waals surface area contributed by atoms with Crippen LogP contribution >= 0.6 is 15.9 Å². The lowest BCUT2D eigenvalue weighted by molar-refractivity contribution is -0.147. The number of hydrogen-bond donors (Lipinski definition) is 0. The smallest absolute Gasteiger partial charge is 0.346 e. The summed E-state index contributed by atoms with van der Waals surface area (Å²) in [6, 6.07) is 10.5. The first-order valence-electron chi connectivity index (χ1n) is 6.22. The molecule has 0 aliphatic rings. The van der Waals surface area contributed by atoms with Gasteiger partial charge in [0, 0.05) is 16.7 Å². The third-order valence-corrected chi connectivity index (χ3v) is 3.06. The molecule has 2 rings (SSSR count). The fourth-order valence-electron chi connectivity index (χ4n) is 1.55. The SMILES string of the molecule is COC(=O)[C@@H](C)Oc1ccc(Oc2ccc(Br)cn2)cc1. The predicted octanol–water partition coefficient (Wildman–Crippen LogP) is 3.58. The second-order valence-electron chi connectivity index (χ2n) is 4.17. The number of halogens is 1. The zero-order valence-corrected chi connectivity index (χ0v) is 13.2. The van der Waals surface area contributed by atoms with Crippen LogP contribution in [0.15, 0.2) is 47.1 Å². The summed E-state index contributed by atoms with van der Waals surface area (Å²) in [4.78, 5) is 15.4. The molecule has 0 saturated carbocycles. The summed E-state index contributed by atoms with van der Waals surface area (Å²) < 4.78 is 16.5. The van der Waals surface area contributed by atoms with Gasteiger partial charge in [0.2, 0.25) is 5.88 Å². The molecular weight excluding hydrogens is 338 g/mol. The first kappa shape index (κ1) is 15.3. The van der Waals surface area contributed by atoms with E-state index in [1.165, 1.54) is 7.11 Å². The number of benzene rings is 1. The minimum atomic E-state index is -0.657. The Hall–Kier alpha value is -2.08. The van der Waals surface area contributed by atoms with Gasteiger partial charge in [-0.1, -0.05) is 0 Å². The van der Waals surface area contributed by atoms with Crippen LogP contribution in [-0.2, 0) is 9.53 Å². The molecule has 1 atom stereocenters. The molecule has 0 aliphatic heterocycles. The van der Waals surface area contributed by atoms with Crippen LogP contribution in [-0.4, -0.2) is 24.2 Å². The van der Waals surface area contributed by atoms with E-state index in [9.17, 15) is 4.79 Å². The second-order valence-corrected chi connectivity index (χ2v) is 5.09. The molecule has 5 nitrogen and oxygen atoms in total. The van der Waals surface area contributed by atoms with Gasteiger partial charge in [0.1, 0.15) is 11.5 Å². The molecule has 0 saturated heterocycles. The Balaban J connectivity index is 1.98. The van der Waals surface area contributed by atoms with E-state index in [1.54, 1.807) is 43.5 Å². The van der Waals surface area contributed by atoms with Crippen LogP contribution in [0.25, 0.3) is 0 Å². The maximum Gasteiger partial charge on any atom is 0.346 e. The third-order valence-electron chi connectivity index (χ3n) is 2.59. The van der Waals surface area contributed by atoms with Crippen molar-refractivity contribution in [2.45, 2.75) is 13.0 Å². The lowest BCUT2D eigenvalue weighted by atomic mass is 10.3. The van der Waals surface area contributed by atoms with Gasteiger partial charge in [-0.3, -0.25) is 0 Å². The topological polar surface area (TPSA) is 57.7 Å². The molecule has 2 aromatic rings. The lowest BCUT2D eigenvalue weighted by Crippen LogP contribution is -2.24. The quantitative estimate of drug-likeness (QED) is 0.770. The minimum absolute atomic E-state index is 0.422. The highest BCUT2D eigenvalue weighted by Gasteiger charge is 2.14. The molecule has 0 radical (unpaired) electrons. The van der Waals surface area contributed by atoms with E-state index >= 15 is 0 Å². The monoisotopic (exact) mass is 351 g/mol. The molecule has 0 bridgehead atoms. The van der Waals surface area contributed by atoms with E-state index in [1.807, 2.05) is 6.07 Å². The highest BCUT2D eigenvalue weighted by molar-refractivity contribution is 9.10. The van der Waals surface area contributed by atoms with Crippen LogP contribution in [0.3, 0.4) is 0 Å². The van der Waals surface area contributed by atoms with Crippen molar-refractivity contribution in [1.82, 2.24) is 4.98 Å².